The molecule has 1 aromatic rings. The fourth-order valence-corrected chi connectivity index (χ4v) is 1.54. The van der Waals surface area contributed by atoms with Crippen LogP contribution in [-0.2, 0) is 0 Å². The van der Waals surface area contributed by atoms with Gasteiger partial charge in [-0.3, -0.25) is 0 Å². The van der Waals surface area contributed by atoms with E-state index in [1.165, 1.54) is 31.9 Å². The van der Waals surface area contributed by atoms with Crippen molar-refractivity contribution < 1.29 is 9.13 Å². The van der Waals surface area contributed by atoms with Crippen LogP contribution >= 0.6 is 0 Å². The Bertz CT molecular complexity index is 291. The van der Waals surface area contributed by atoms with Crippen LogP contribution in [0.4, 0.5) is 4.39 Å². The lowest BCUT2D eigenvalue weighted by Crippen LogP contribution is -2.00. The Balaban J connectivity index is 2.05. The normalized spacial score (nSPS) is 10.4. The third-order valence-electron chi connectivity index (χ3n) is 2.48. The number of rotatable bonds is 8. The molecule has 0 N–H and O–H groups in total. The Labute approximate surface area is 96.8 Å². The Morgan fingerprint density at radius 1 is 1.19 bits per heavy atom. The van der Waals surface area contributed by atoms with Crippen LogP contribution in [0.25, 0.3) is 0 Å². The average Bonchev–Trinajstić information content (AvgIpc) is 2.30. The fraction of sp³-hybridized carbons (Fsp3) is 0.615. The van der Waals surface area contributed by atoms with Crippen molar-refractivity contribution in [1.82, 2.24) is 4.98 Å². The molecule has 0 saturated heterocycles. The fourth-order valence-electron chi connectivity index (χ4n) is 1.54. The monoisotopic (exact) mass is 225 g/mol. The molecule has 0 amide bonds. The third-order valence-corrected chi connectivity index (χ3v) is 2.48. The molecule has 0 saturated carbocycles. The second-order valence-electron chi connectivity index (χ2n) is 3.91. The van der Waals surface area contributed by atoms with Crippen LogP contribution in [0.3, 0.4) is 0 Å². The number of aromatic nitrogens is 1. The molecule has 0 aliphatic heterocycles. The minimum Gasteiger partial charge on any atom is -0.489 e. The molecule has 0 spiro atoms. The maximum atomic E-state index is 13.0. The Morgan fingerprint density at radius 3 is 2.69 bits per heavy atom. The van der Waals surface area contributed by atoms with E-state index in [1.807, 2.05) is 0 Å². The molecule has 0 aliphatic rings. The first-order valence-electron chi connectivity index (χ1n) is 6.08. The van der Waals surface area contributed by atoms with Crippen molar-refractivity contribution in [3.63, 3.8) is 0 Å². The summed E-state index contributed by atoms with van der Waals surface area (Å²) in [6.07, 6.45) is 8.66. The van der Waals surface area contributed by atoms with Crippen LogP contribution in [0.5, 0.6) is 5.75 Å². The minimum absolute atomic E-state index is 0.260. The predicted molar refractivity (Wildman–Crippen MR) is 63.1 cm³/mol. The Hall–Kier alpha value is -1.12. The number of hydrogen-bond donors (Lipinski definition) is 0. The molecule has 0 bridgehead atoms. The zero-order valence-electron chi connectivity index (χ0n) is 9.92. The number of ether oxygens (including phenoxy) is 1. The van der Waals surface area contributed by atoms with E-state index in [0.717, 1.165) is 12.8 Å². The summed E-state index contributed by atoms with van der Waals surface area (Å²) in [4.78, 5) is 3.53. The summed E-state index contributed by atoms with van der Waals surface area (Å²) in [5.41, 5.74) is 0. The van der Waals surface area contributed by atoms with Gasteiger partial charge in [0.05, 0.1) is 6.61 Å². The Kier molecular flexibility index (Phi) is 6.54. The standard InChI is InChI=1S/C13H20FNO/c1-2-3-4-5-6-7-11-16-12-9-8-10-15-13(12)14/h8-10H,2-7,11H2,1H3. The third kappa shape index (κ3) is 5.10. The van der Waals surface area contributed by atoms with E-state index in [4.69, 9.17) is 4.74 Å². The highest BCUT2D eigenvalue weighted by molar-refractivity contribution is 5.17. The zero-order valence-corrected chi connectivity index (χ0v) is 9.92. The minimum atomic E-state index is -0.520. The van der Waals surface area contributed by atoms with Crippen molar-refractivity contribution in [2.45, 2.75) is 45.4 Å². The van der Waals surface area contributed by atoms with E-state index in [1.54, 1.807) is 12.1 Å². The van der Waals surface area contributed by atoms with Gasteiger partial charge in [0, 0.05) is 6.20 Å². The zero-order chi connectivity index (χ0) is 11.6. The lowest BCUT2D eigenvalue weighted by atomic mass is 10.1. The maximum Gasteiger partial charge on any atom is 0.255 e. The van der Waals surface area contributed by atoms with Gasteiger partial charge in [0.15, 0.2) is 5.75 Å². The molecule has 0 unspecified atom stereocenters. The number of halogens is 1. The Morgan fingerprint density at radius 2 is 1.94 bits per heavy atom. The molecule has 90 valence electrons. The van der Waals surface area contributed by atoms with Crippen LogP contribution in [-0.4, -0.2) is 11.6 Å². The lowest BCUT2D eigenvalue weighted by Gasteiger charge is -2.05. The quantitative estimate of drug-likeness (QED) is 0.493. The van der Waals surface area contributed by atoms with Gasteiger partial charge in [0.1, 0.15) is 0 Å². The highest BCUT2D eigenvalue weighted by Gasteiger charge is 2.01. The molecule has 1 heterocycles. The molecule has 0 radical (unpaired) electrons. The largest absolute Gasteiger partial charge is 0.489 e. The highest BCUT2D eigenvalue weighted by atomic mass is 19.1. The molecular weight excluding hydrogens is 205 g/mol. The average molecular weight is 225 g/mol. The van der Waals surface area contributed by atoms with Gasteiger partial charge >= 0.3 is 0 Å². The van der Waals surface area contributed by atoms with Crippen LogP contribution in [0.1, 0.15) is 45.4 Å². The van der Waals surface area contributed by atoms with Gasteiger partial charge in [-0.25, -0.2) is 4.98 Å². The molecule has 0 aromatic carbocycles. The molecule has 1 aromatic heterocycles. The van der Waals surface area contributed by atoms with E-state index in [-0.39, 0.29) is 5.75 Å². The van der Waals surface area contributed by atoms with Crippen LogP contribution in [0.2, 0.25) is 0 Å². The molecule has 16 heavy (non-hydrogen) atoms. The number of nitrogens with zero attached hydrogens (tertiary/aromatic N) is 1. The van der Waals surface area contributed by atoms with E-state index in [9.17, 15) is 4.39 Å². The van der Waals surface area contributed by atoms with Gasteiger partial charge < -0.3 is 4.74 Å². The van der Waals surface area contributed by atoms with Crippen molar-refractivity contribution in [3.05, 3.63) is 24.3 Å². The molecule has 0 fully saturated rings. The lowest BCUT2D eigenvalue weighted by molar-refractivity contribution is 0.286. The summed E-state index contributed by atoms with van der Waals surface area (Å²) in [7, 11) is 0. The summed E-state index contributed by atoms with van der Waals surface area (Å²) in [5, 5.41) is 0. The first kappa shape index (κ1) is 12.9. The molecule has 3 heteroatoms. The second-order valence-corrected chi connectivity index (χ2v) is 3.91. The van der Waals surface area contributed by atoms with Crippen LogP contribution in [0.15, 0.2) is 18.3 Å². The van der Waals surface area contributed by atoms with Gasteiger partial charge in [0.25, 0.3) is 5.95 Å². The van der Waals surface area contributed by atoms with Crippen molar-refractivity contribution in [3.8, 4) is 5.75 Å². The van der Waals surface area contributed by atoms with Gasteiger partial charge in [-0.2, -0.15) is 4.39 Å². The van der Waals surface area contributed by atoms with Crippen molar-refractivity contribution in [1.29, 1.82) is 0 Å². The molecule has 0 atom stereocenters. The number of hydrogen-bond acceptors (Lipinski definition) is 2. The van der Waals surface area contributed by atoms with Crippen LogP contribution in [0, 0.1) is 5.95 Å². The number of pyridine rings is 1. The predicted octanol–water partition coefficient (Wildman–Crippen LogP) is 3.96. The van der Waals surface area contributed by atoms with Gasteiger partial charge in [-0.1, -0.05) is 39.0 Å². The van der Waals surface area contributed by atoms with Gasteiger partial charge in [-0.05, 0) is 18.6 Å². The molecular formula is C13H20FNO. The van der Waals surface area contributed by atoms with E-state index in [0.29, 0.717) is 6.61 Å². The smallest absolute Gasteiger partial charge is 0.255 e. The van der Waals surface area contributed by atoms with Crippen molar-refractivity contribution >= 4 is 0 Å². The van der Waals surface area contributed by atoms with E-state index >= 15 is 0 Å². The second kappa shape index (κ2) is 8.08. The van der Waals surface area contributed by atoms with Crippen molar-refractivity contribution in [2.24, 2.45) is 0 Å². The summed E-state index contributed by atoms with van der Waals surface area (Å²) in [6, 6.07) is 3.29. The van der Waals surface area contributed by atoms with E-state index < -0.39 is 5.95 Å². The first-order chi connectivity index (χ1) is 7.84. The van der Waals surface area contributed by atoms with Crippen LogP contribution < -0.4 is 4.74 Å². The van der Waals surface area contributed by atoms with Gasteiger partial charge in [0.2, 0.25) is 0 Å². The first-order valence-corrected chi connectivity index (χ1v) is 6.08. The summed E-state index contributed by atoms with van der Waals surface area (Å²) >= 11 is 0. The SMILES string of the molecule is CCCCCCCCOc1cccnc1F. The van der Waals surface area contributed by atoms with Gasteiger partial charge in [-0.15, -0.1) is 0 Å². The summed E-state index contributed by atoms with van der Waals surface area (Å²) in [6.45, 7) is 2.78. The summed E-state index contributed by atoms with van der Waals surface area (Å²) in [5.74, 6) is -0.260. The molecule has 1 rings (SSSR count). The van der Waals surface area contributed by atoms with E-state index in [2.05, 4.69) is 11.9 Å². The maximum absolute atomic E-state index is 13.0. The topological polar surface area (TPSA) is 22.1 Å². The van der Waals surface area contributed by atoms with Crippen molar-refractivity contribution in [2.75, 3.05) is 6.61 Å². The summed E-state index contributed by atoms with van der Waals surface area (Å²) < 4.78 is 18.3. The number of unbranched alkanes of at least 4 members (excludes halogenated alkanes) is 5. The highest BCUT2D eigenvalue weighted by Crippen LogP contribution is 2.13. The molecule has 2 nitrogen and oxygen atoms in total. The molecule has 0 aliphatic carbocycles.